The molecule has 1 amide bonds. The average Bonchev–Trinajstić information content (AvgIpc) is 2.77. The van der Waals surface area contributed by atoms with Gasteiger partial charge in [-0.15, -0.1) is 5.10 Å². The number of nitrogens with one attached hydrogen (secondary N) is 1. The summed E-state index contributed by atoms with van der Waals surface area (Å²) in [6.45, 7) is 2.33. The van der Waals surface area contributed by atoms with E-state index in [1.165, 1.54) is 0 Å². The van der Waals surface area contributed by atoms with Gasteiger partial charge in [0.05, 0.1) is 23.6 Å². The maximum atomic E-state index is 11.5. The second-order valence-electron chi connectivity index (χ2n) is 5.20. The Morgan fingerprint density at radius 3 is 3.05 bits per heavy atom. The highest BCUT2D eigenvalue weighted by Crippen LogP contribution is 2.27. The molecule has 0 spiro atoms. The molecule has 0 aliphatic heterocycles. The van der Waals surface area contributed by atoms with Gasteiger partial charge in [-0.2, -0.15) is 0 Å². The first-order valence-electron chi connectivity index (χ1n) is 7.17. The lowest BCUT2D eigenvalue weighted by atomic mass is 10.2. The molecule has 0 unspecified atom stereocenters. The van der Waals surface area contributed by atoms with E-state index in [4.69, 9.17) is 9.84 Å². The number of benzene rings is 1. The number of aryl methyl sites for hydroxylation is 1. The molecule has 0 radical (unpaired) electrons. The van der Waals surface area contributed by atoms with Gasteiger partial charge in [-0.05, 0) is 31.5 Å². The van der Waals surface area contributed by atoms with Gasteiger partial charge in [-0.25, -0.2) is 0 Å². The quantitative estimate of drug-likeness (QED) is 0.731. The molecule has 2 aromatic rings. The number of ether oxygens (including phenoxy) is 1. The highest BCUT2D eigenvalue weighted by molar-refractivity contribution is 9.10. The van der Waals surface area contributed by atoms with E-state index in [9.17, 15) is 4.79 Å². The van der Waals surface area contributed by atoms with Crippen molar-refractivity contribution in [2.45, 2.75) is 25.9 Å². The fourth-order valence-corrected chi connectivity index (χ4v) is 2.42. The van der Waals surface area contributed by atoms with Gasteiger partial charge in [0.15, 0.2) is 0 Å². The molecule has 6 nitrogen and oxygen atoms in total. The van der Waals surface area contributed by atoms with Crippen LogP contribution < -0.4 is 10.1 Å². The summed E-state index contributed by atoms with van der Waals surface area (Å²) in [6, 6.07) is 5.90. The molecule has 1 aromatic heterocycles. The van der Waals surface area contributed by atoms with E-state index >= 15 is 0 Å². The molecule has 0 aliphatic carbocycles. The van der Waals surface area contributed by atoms with E-state index in [1.54, 1.807) is 11.6 Å². The van der Waals surface area contributed by atoms with Crippen LogP contribution in [0.25, 0.3) is 10.9 Å². The number of aromatic nitrogens is 2. The zero-order valence-corrected chi connectivity index (χ0v) is 14.3. The van der Waals surface area contributed by atoms with Gasteiger partial charge in [-0.3, -0.25) is 9.48 Å². The number of rotatable bonds is 7. The second-order valence-corrected chi connectivity index (χ2v) is 6.11. The monoisotopic (exact) mass is 369 g/mol. The van der Waals surface area contributed by atoms with Gasteiger partial charge in [-0.1, -0.05) is 15.9 Å². The fourth-order valence-electron chi connectivity index (χ4n) is 2.06. The smallest absolute Gasteiger partial charge is 0.240 e. The Labute approximate surface area is 137 Å². The molecular formula is C15H20BrN3O3. The summed E-state index contributed by atoms with van der Waals surface area (Å²) < 4.78 is 8.43. The number of carbonyl (C=O) groups is 1. The number of nitrogens with zero attached hydrogens (tertiary/aromatic N) is 2. The number of hydrogen-bond donors (Lipinski definition) is 2. The van der Waals surface area contributed by atoms with Crippen molar-refractivity contribution in [3.05, 3.63) is 22.7 Å². The van der Waals surface area contributed by atoms with E-state index < -0.39 is 6.10 Å². The first kappa shape index (κ1) is 16.8. The summed E-state index contributed by atoms with van der Waals surface area (Å²) >= 11 is 3.44. The molecule has 1 aromatic carbocycles. The van der Waals surface area contributed by atoms with Crippen molar-refractivity contribution >= 4 is 32.7 Å². The van der Waals surface area contributed by atoms with Gasteiger partial charge < -0.3 is 15.2 Å². The van der Waals surface area contributed by atoms with Crippen molar-refractivity contribution in [3.8, 4) is 5.88 Å². The van der Waals surface area contributed by atoms with Crippen molar-refractivity contribution in [1.29, 1.82) is 0 Å². The summed E-state index contributed by atoms with van der Waals surface area (Å²) in [5.74, 6) is 0.487. The average molecular weight is 370 g/mol. The molecule has 0 saturated carbocycles. The van der Waals surface area contributed by atoms with Crippen LogP contribution in [0.3, 0.4) is 0 Å². The third-order valence-electron chi connectivity index (χ3n) is 3.16. The van der Waals surface area contributed by atoms with Crippen LogP contribution >= 0.6 is 15.9 Å². The van der Waals surface area contributed by atoms with Gasteiger partial charge >= 0.3 is 0 Å². The van der Waals surface area contributed by atoms with Crippen LogP contribution in [0.4, 0.5) is 0 Å². The van der Waals surface area contributed by atoms with E-state index in [-0.39, 0.29) is 12.5 Å². The highest BCUT2D eigenvalue weighted by Gasteiger charge is 2.10. The Hall–Kier alpha value is -1.60. The van der Waals surface area contributed by atoms with E-state index in [1.807, 2.05) is 25.2 Å². The molecule has 120 valence electrons. The van der Waals surface area contributed by atoms with Crippen LogP contribution in [0, 0.1) is 0 Å². The van der Waals surface area contributed by atoms with Crippen LogP contribution in [0.5, 0.6) is 5.88 Å². The minimum absolute atomic E-state index is 0.0851. The van der Waals surface area contributed by atoms with E-state index in [0.29, 0.717) is 25.3 Å². The third-order valence-corrected chi connectivity index (χ3v) is 3.65. The summed E-state index contributed by atoms with van der Waals surface area (Å²) in [4.78, 5) is 11.5. The second kappa shape index (κ2) is 7.60. The van der Waals surface area contributed by atoms with Crippen LogP contribution in [0.2, 0.25) is 0 Å². The van der Waals surface area contributed by atoms with Crippen LogP contribution in [0.1, 0.15) is 19.8 Å². The summed E-state index contributed by atoms with van der Waals surface area (Å²) in [5, 5.41) is 17.0. The van der Waals surface area contributed by atoms with Crippen molar-refractivity contribution in [2.75, 3.05) is 13.2 Å². The number of carbonyl (C=O) groups excluding carboxylic acids is 1. The fraction of sp³-hybridized carbons (Fsp3) is 0.467. The number of amides is 1. The van der Waals surface area contributed by atoms with Gasteiger partial charge in [0, 0.05) is 24.5 Å². The van der Waals surface area contributed by atoms with Gasteiger partial charge in [0.25, 0.3) is 0 Å². The van der Waals surface area contributed by atoms with E-state index in [0.717, 1.165) is 15.4 Å². The third kappa shape index (κ3) is 4.45. The van der Waals surface area contributed by atoms with Crippen molar-refractivity contribution in [3.63, 3.8) is 0 Å². The Morgan fingerprint density at radius 2 is 2.32 bits per heavy atom. The highest BCUT2D eigenvalue weighted by atomic mass is 79.9. The lowest BCUT2D eigenvalue weighted by molar-refractivity contribution is -0.121. The first-order valence-corrected chi connectivity index (χ1v) is 7.96. The number of fused-ring (bicyclic) bond motifs is 1. The Morgan fingerprint density at radius 1 is 1.55 bits per heavy atom. The molecule has 1 heterocycles. The largest absolute Gasteiger partial charge is 0.476 e. The van der Waals surface area contributed by atoms with Gasteiger partial charge in [0.2, 0.25) is 11.8 Å². The lowest BCUT2D eigenvalue weighted by Crippen LogP contribution is -2.30. The molecule has 7 heteroatoms. The van der Waals surface area contributed by atoms with Crippen LogP contribution in [-0.4, -0.2) is 40.0 Å². The number of hydrogen-bond acceptors (Lipinski definition) is 4. The predicted octanol–water partition coefficient (Wildman–Crippen LogP) is 1.99. The maximum Gasteiger partial charge on any atom is 0.240 e. The standard InChI is InChI=1S/C15H20BrN3O3/c1-10(20)9-17-14(21)4-3-7-22-15-12-8-11(16)5-6-13(12)19(2)18-15/h5-6,8,10,20H,3-4,7,9H2,1-2H3,(H,17,21)/t10-/m1/s1. The number of aliphatic hydroxyl groups excluding tert-OH is 1. The Balaban J connectivity index is 1.85. The molecule has 2 rings (SSSR count). The first-order chi connectivity index (χ1) is 10.5. The summed E-state index contributed by atoms with van der Waals surface area (Å²) in [6.07, 6.45) is 0.428. The van der Waals surface area contributed by atoms with Crippen LogP contribution in [0.15, 0.2) is 22.7 Å². The van der Waals surface area contributed by atoms with Gasteiger partial charge in [0.1, 0.15) is 0 Å². The predicted molar refractivity (Wildman–Crippen MR) is 87.8 cm³/mol. The Bertz CT molecular complexity index is 655. The topological polar surface area (TPSA) is 76.4 Å². The molecular weight excluding hydrogens is 350 g/mol. The summed E-state index contributed by atoms with van der Waals surface area (Å²) in [7, 11) is 1.87. The number of aliphatic hydroxyl groups is 1. The molecule has 2 N–H and O–H groups in total. The molecule has 0 fully saturated rings. The summed E-state index contributed by atoms with van der Waals surface area (Å²) in [5.41, 5.74) is 0.993. The molecule has 0 aliphatic rings. The van der Waals surface area contributed by atoms with Crippen molar-refractivity contribution in [2.24, 2.45) is 7.05 Å². The normalized spacial score (nSPS) is 12.4. The van der Waals surface area contributed by atoms with E-state index in [2.05, 4.69) is 26.3 Å². The molecule has 1 atom stereocenters. The maximum absolute atomic E-state index is 11.5. The Kier molecular flexibility index (Phi) is 5.79. The molecule has 0 saturated heterocycles. The van der Waals surface area contributed by atoms with Crippen molar-refractivity contribution in [1.82, 2.24) is 15.1 Å². The zero-order valence-electron chi connectivity index (χ0n) is 12.7. The minimum atomic E-state index is -0.529. The minimum Gasteiger partial charge on any atom is -0.476 e. The zero-order chi connectivity index (χ0) is 16.1. The SMILES string of the molecule is C[C@@H](O)CNC(=O)CCCOc1nn(C)c2ccc(Br)cc12. The molecule has 0 bridgehead atoms. The van der Waals surface area contributed by atoms with Crippen LogP contribution in [-0.2, 0) is 11.8 Å². The lowest BCUT2D eigenvalue weighted by Gasteiger charge is -2.07. The number of halogens is 1. The van der Waals surface area contributed by atoms with Crippen molar-refractivity contribution < 1.29 is 14.6 Å². The molecule has 22 heavy (non-hydrogen) atoms.